The van der Waals surface area contributed by atoms with E-state index in [4.69, 9.17) is 0 Å². The van der Waals surface area contributed by atoms with Crippen molar-refractivity contribution in [2.24, 2.45) is 0 Å². The van der Waals surface area contributed by atoms with Crippen LogP contribution in [0.1, 0.15) is 23.2 Å². The van der Waals surface area contributed by atoms with Gasteiger partial charge in [-0.2, -0.15) is 0 Å². The van der Waals surface area contributed by atoms with Crippen LogP contribution in [0.2, 0.25) is 0 Å². The SMILES string of the molecule is CCN(c1ccccc1)c1cc(C(=O)Nc2ccc(N(C)C)cc2)nc(C)n1. The first kappa shape index (κ1) is 19.4. The number of nitrogens with one attached hydrogen (secondary N) is 1. The van der Waals surface area contributed by atoms with Crippen LogP contribution in [0.4, 0.5) is 22.9 Å². The Morgan fingerprint density at radius 2 is 1.64 bits per heavy atom. The normalized spacial score (nSPS) is 10.4. The van der Waals surface area contributed by atoms with Crippen LogP contribution in [0.3, 0.4) is 0 Å². The van der Waals surface area contributed by atoms with Gasteiger partial charge in [0.1, 0.15) is 17.3 Å². The van der Waals surface area contributed by atoms with Gasteiger partial charge in [-0.3, -0.25) is 4.79 Å². The van der Waals surface area contributed by atoms with Gasteiger partial charge in [0.15, 0.2) is 0 Å². The van der Waals surface area contributed by atoms with Crippen molar-refractivity contribution >= 4 is 28.8 Å². The monoisotopic (exact) mass is 375 g/mol. The molecule has 0 radical (unpaired) electrons. The summed E-state index contributed by atoms with van der Waals surface area (Å²) in [6.07, 6.45) is 0. The molecule has 0 aliphatic heterocycles. The van der Waals surface area contributed by atoms with E-state index in [9.17, 15) is 4.79 Å². The number of nitrogens with zero attached hydrogens (tertiary/aromatic N) is 4. The highest BCUT2D eigenvalue weighted by molar-refractivity contribution is 6.03. The van der Waals surface area contributed by atoms with E-state index in [0.29, 0.717) is 17.3 Å². The van der Waals surface area contributed by atoms with Gasteiger partial charge in [-0.05, 0) is 50.2 Å². The molecule has 1 aromatic heterocycles. The van der Waals surface area contributed by atoms with Gasteiger partial charge in [-0.15, -0.1) is 0 Å². The van der Waals surface area contributed by atoms with E-state index >= 15 is 0 Å². The lowest BCUT2D eigenvalue weighted by Crippen LogP contribution is -2.21. The number of hydrogen-bond acceptors (Lipinski definition) is 5. The molecule has 0 aliphatic rings. The van der Waals surface area contributed by atoms with E-state index < -0.39 is 0 Å². The molecule has 0 spiro atoms. The number of carbonyl (C=O) groups is 1. The molecule has 28 heavy (non-hydrogen) atoms. The number of para-hydroxylation sites is 1. The Morgan fingerprint density at radius 1 is 0.964 bits per heavy atom. The Balaban J connectivity index is 1.85. The van der Waals surface area contributed by atoms with E-state index in [-0.39, 0.29) is 5.91 Å². The lowest BCUT2D eigenvalue weighted by Gasteiger charge is -2.22. The van der Waals surface area contributed by atoms with Crippen molar-refractivity contribution in [1.29, 1.82) is 0 Å². The summed E-state index contributed by atoms with van der Waals surface area (Å²) in [5.74, 6) is 1.00. The van der Waals surface area contributed by atoms with Crippen molar-refractivity contribution in [2.75, 3.05) is 35.8 Å². The van der Waals surface area contributed by atoms with E-state index in [2.05, 4.69) is 27.1 Å². The fraction of sp³-hybridized carbons (Fsp3) is 0.227. The Bertz CT molecular complexity index is 939. The van der Waals surface area contributed by atoms with Gasteiger partial charge in [0.25, 0.3) is 5.91 Å². The quantitative estimate of drug-likeness (QED) is 0.697. The van der Waals surface area contributed by atoms with E-state index in [1.807, 2.05) is 73.6 Å². The van der Waals surface area contributed by atoms with Gasteiger partial charge in [0.05, 0.1) is 0 Å². The average molecular weight is 375 g/mol. The maximum Gasteiger partial charge on any atom is 0.274 e. The zero-order valence-corrected chi connectivity index (χ0v) is 16.7. The smallest absolute Gasteiger partial charge is 0.274 e. The first-order valence-corrected chi connectivity index (χ1v) is 9.25. The molecule has 0 aliphatic carbocycles. The first-order chi connectivity index (χ1) is 13.5. The molecule has 6 nitrogen and oxygen atoms in total. The third-order valence-electron chi connectivity index (χ3n) is 4.36. The molecule has 3 aromatic rings. The van der Waals surface area contributed by atoms with Crippen molar-refractivity contribution in [3.8, 4) is 0 Å². The van der Waals surface area contributed by atoms with E-state index in [0.717, 1.165) is 23.6 Å². The summed E-state index contributed by atoms with van der Waals surface area (Å²) in [6.45, 7) is 4.58. The Hall–Kier alpha value is -3.41. The summed E-state index contributed by atoms with van der Waals surface area (Å²) in [5, 5.41) is 2.91. The number of aromatic nitrogens is 2. The number of hydrogen-bond donors (Lipinski definition) is 1. The molecule has 6 heteroatoms. The van der Waals surface area contributed by atoms with Crippen molar-refractivity contribution in [1.82, 2.24) is 9.97 Å². The number of amides is 1. The molecule has 1 N–H and O–H groups in total. The number of benzene rings is 2. The Kier molecular flexibility index (Phi) is 5.89. The predicted octanol–water partition coefficient (Wildman–Crippen LogP) is 4.26. The third-order valence-corrected chi connectivity index (χ3v) is 4.36. The lowest BCUT2D eigenvalue weighted by atomic mass is 10.2. The zero-order valence-electron chi connectivity index (χ0n) is 16.7. The highest BCUT2D eigenvalue weighted by Gasteiger charge is 2.15. The summed E-state index contributed by atoms with van der Waals surface area (Å²) in [6, 6.07) is 19.4. The molecular weight excluding hydrogens is 350 g/mol. The largest absolute Gasteiger partial charge is 0.378 e. The third kappa shape index (κ3) is 4.46. The molecule has 0 saturated heterocycles. The molecule has 0 bridgehead atoms. The van der Waals surface area contributed by atoms with Gasteiger partial charge in [-0.1, -0.05) is 18.2 Å². The van der Waals surface area contributed by atoms with Crippen LogP contribution in [0.15, 0.2) is 60.7 Å². The predicted molar refractivity (Wildman–Crippen MR) is 115 cm³/mol. The van der Waals surface area contributed by atoms with Gasteiger partial charge in [-0.25, -0.2) is 9.97 Å². The molecule has 0 unspecified atom stereocenters. The van der Waals surface area contributed by atoms with Crippen LogP contribution in [-0.4, -0.2) is 36.5 Å². The Morgan fingerprint density at radius 3 is 2.25 bits per heavy atom. The number of carbonyl (C=O) groups excluding carboxylic acids is 1. The van der Waals surface area contributed by atoms with Crippen molar-refractivity contribution in [3.05, 3.63) is 72.2 Å². The van der Waals surface area contributed by atoms with Crippen molar-refractivity contribution in [3.63, 3.8) is 0 Å². The van der Waals surface area contributed by atoms with E-state index in [1.165, 1.54) is 0 Å². The minimum Gasteiger partial charge on any atom is -0.378 e. The second-order valence-corrected chi connectivity index (χ2v) is 6.63. The lowest BCUT2D eigenvalue weighted by molar-refractivity contribution is 0.102. The van der Waals surface area contributed by atoms with Crippen molar-refractivity contribution in [2.45, 2.75) is 13.8 Å². The number of anilines is 4. The molecule has 1 heterocycles. The standard InChI is InChI=1S/C22H25N5O/c1-5-27(19-9-7-6-8-10-19)21-15-20(23-16(2)24-21)22(28)25-17-11-13-18(14-12-17)26(3)4/h6-15H,5H2,1-4H3,(H,25,28). The second-order valence-electron chi connectivity index (χ2n) is 6.63. The van der Waals surface area contributed by atoms with E-state index in [1.54, 1.807) is 13.0 Å². The fourth-order valence-electron chi connectivity index (χ4n) is 2.93. The molecule has 3 rings (SSSR count). The van der Waals surface area contributed by atoms with Crippen LogP contribution in [0.5, 0.6) is 0 Å². The minimum atomic E-state index is -0.256. The average Bonchev–Trinajstić information content (AvgIpc) is 2.69. The summed E-state index contributed by atoms with van der Waals surface area (Å²) >= 11 is 0. The van der Waals surface area contributed by atoms with Gasteiger partial charge in [0.2, 0.25) is 0 Å². The maximum atomic E-state index is 12.8. The molecule has 0 saturated carbocycles. The Labute approximate surface area is 165 Å². The summed E-state index contributed by atoms with van der Waals surface area (Å²) < 4.78 is 0. The summed E-state index contributed by atoms with van der Waals surface area (Å²) in [5.41, 5.74) is 3.16. The molecule has 0 atom stereocenters. The fourth-order valence-corrected chi connectivity index (χ4v) is 2.93. The molecule has 0 fully saturated rings. The molecule has 1 amide bonds. The van der Waals surface area contributed by atoms with Crippen LogP contribution >= 0.6 is 0 Å². The first-order valence-electron chi connectivity index (χ1n) is 9.25. The van der Waals surface area contributed by atoms with Crippen LogP contribution in [-0.2, 0) is 0 Å². The van der Waals surface area contributed by atoms with Crippen LogP contribution in [0, 0.1) is 6.92 Å². The van der Waals surface area contributed by atoms with Crippen LogP contribution < -0.4 is 15.1 Å². The van der Waals surface area contributed by atoms with Gasteiger partial charge < -0.3 is 15.1 Å². The van der Waals surface area contributed by atoms with Gasteiger partial charge in [0, 0.05) is 43.8 Å². The topological polar surface area (TPSA) is 61.4 Å². The molecule has 144 valence electrons. The van der Waals surface area contributed by atoms with Gasteiger partial charge >= 0.3 is 0 Å². The maximum absolute atomic E-state index is 12.8. The molecule has 2 aromatic carbocycles. The zero-order chi connectivity index (χ0) is 20.1. The number of rotatable bonds is 6. The summed E-state index contributed by atoms with van der Waals surface area (Å²) in [4.78, 5) is 25.7. The highest BCUT2D eigenvalue weighted by atomic mass is 16.1. The van der Waals surface area contributed by atoms with Crippen LogP contribution in [0.25, 0.3) is 0 Å². The summed E-state index contributed by atoms with van der Waals surface area (Å²) in [7, 11) is 3.95. The van der Waals surface area contributed by atoms with Crippen molar-refractivity contribution < 1.29 is 4.79 Å². The minimum absolute atomic E-state index is 0.256. The molecular formula is C22H25N5O. The number of aryl methyl sites for hydroxylation is 1. The second kappa shape index (κ2) is 8.52. The highest BCUT2D eigenvalue weighted by Crippen LogP contribution is 2.24.